The topological polar surface area (TPSA) is 40.1 Å². The van der Waals surface area contributed by atoms with Gasteiger partial charge >= 0.3 is 0 Å². The smallest absolute Gasteiger partial charge is 0.194 e. The maximum Gasteiger partial charge on any atom is 0.194 e. The third-order valence-corrected chi connectivity index (χ3v) is 4.54. The van der Waals surface area contributed by atoms with Crippen LogP contribution < -0.4 is 5.32 Å². The molecule has 0 aromatic heterocycles. The fraction of sp³-hybridized carbons (Fsp3) is 0.632. The monoisotopic (exact) mass is 350 g/mol. The van der Waals surface area contributed by atoms with Crippen LogP contribution in [0.15, 0.2) is 29.3 Å². The largest absolute Gasteiger partial charge is 0.383 e. The van der Waals surface area contributed by atoms with Crippen molar-refractivity contribution in [3.05, 3.63) is 35.6 Å². The molecule has 1 aliphatic heterocycles. The summed E-state index contributed by atoms with van der Waals surface area (Å²) in [5, 5.41) is 3.34. The number of methoxy groups -OCH3 is 1. The maximum absolute atomic E-state index is 13.4. The highest BCUT2D eigenvalue weighted by Crippen LogP contribution is 2.17. The van der Waals surface area contributed by atoms with Crippen molar-refractivity contribution in [3.63, 3.8) is 0 Å². The van der Waals surface area contributed by atoms with Crippen molar-refractivity contribution >= 4 is 5.96 Å². The normalized spacial score (nSPS) is 18.6. The van der Waals surface area contributed by atoms with E-state index in [9.17, 15) is 4.39 Å². The van der Waals surface area contributed by atoms with Crippen LogP contribution in [0.4, 0.5) is 4.39 Å². The number of halogens is 1. The van der Waals surface area contributed by atoms with Gasteiger partial charge in [0.2, 0.25) is 0 Å². The number of aliphatic imine (C=N–C) groups is 1. The summed E-state index contributed by atoms with van der Waals surface area (Å²) in [6, 6.07) is 7.20. The average molecular weight is 350 g/mol. The van der Waals surface area contributed by atoms with Crippen LogP contribution in [0.5, 0.6) is 0 Å². The number of rotatable bonds is 8. The summed E-state index contributed by atoms with van der Waals surface area (Å²) in [5.41, 5.74) is 0.940. The van der Waals surface area contributed by atoms with Crippen molar-refractivity contribution in [2.75, 3.05) is 46.9 Å². The zero-order valence-corrected chi connectivity index (χ0v) is 15.7. The van der Waals surface area contributed by atoms with Crippen molar-refractivity contribution in [2.45, 2.75) is 32.4 Å². The van der Waals surface area contributed by atoms with Gasteiger partial charge in [0.25, 0.3) is 0 Å². The molecule has 0 amide bonds. The van der Waals surface area contributed by atoms with Crippen molar-refractivity contribution in [1.29, 1.82) is 0 Å². The Morgan fingerprint density at radius 3 is 3.04 bits per heavy atom. The van der Waals surface area contributed by atoms with E-state index >= 15 is 0 Å². The van der Waals surface area contributed by atoms with Crippen molar-refractivity contribution < 1.29 is 9.13 Å². The van der Waals surface area contributed by atoms with E-state index < -0.39 is 0 Å². The maximum atomic E-state index is 13.4. The lowest BCUT2D eigenvalue weighted by Gasteiger charge is -2.25. The molecular formula is C19H31FN4O. The highest BCUT2D eigenvalue weighted by molar-refractivity contribution is 5.79. The number of guanidine groups is 1. The third kappa shape index (κ3) is 6.29. The molecular weight excluding hydrogens is 319 g/mol. The first-order valence-corrected chi connectivity index (χ1v) is 9.11. The highest BCUT2D eigenvalue weighted by atomic mass is 19.1. The summed E-state index contributed by atoms with van der Waals surface area (Å²) >= 11 is 0. The zero-order valence-electron chi connectivity index (χ0n) is 15.7. The van der Waals surface area contributed by atoms with Gasteiger partial charge in [-0.25, -0.2) is 4.39 Å². The quantitative estimate of drug-likeness (QED) is 0.577. The van der Waals surface area contributed by atoms with E-state index in [-0.39, 0.29) is 5.82 Å². The summed E-state index contributed by atoms with van der Waals surface area (Å²) in [6.45, 7) is 7.13. The summed E-state index contributed by atoms with van der Waals surface area (Å²) in [5.74, 6) is 0.665. The molecule has 0 aliphatic carbocycles. The number of likely N-dealkylation sites (tertiary alicyclic amines) is 1. The molecule has 1 aromatic rings. The van der Waals surface area contributed by atoms with E-state index in [2.05, 4.69) is 17.1 Å². The molecule has 1 atom stereocenters. The van der Waals surface area contributed by atoms with Gasteiger partial charge in [-0.05, 0) is 44.0 Å². The molecule has 5 nitrogen and oxygen atoms in total. The standard InChI is InChI=1S/C19H31FN4O/c1-4-21-19(23(2)15-16-7-5-8-17(20)13-16)22-14-18-9-6-10-24(18)11-12-25-3/h5,7-8,13,18H,4,6,9-12,14-15H2,1-3H3,(H,21,22). The Balaban J connectivity index is 1.96. The molecule has 0 saturated carbocycles. The van der Waals surface area contributed by atoms with Crippen LogP contribution in [0.1, 0.15) is 25.3 Å². The number of hydrogen-bond acceptors (Lipinski definition) is 3. The molecule has 25 heavy (non-hydrogen) atoms. The SMILES string of the molecule is CCNC(=NCC1CCCN1CCOC)N(C)Cc1cccc(F)c1. The third-order valence-electron chi connectivity index (χ3n) is 4.54. The molecule has 1 N–H and O–H groups in total. The second-order valence-electron chi connectivity index (χ2n) is 6.51. The van der Waals surface area contributed by atoms with Gasteiger partial charge in [0.1, 0.15) is 5.82 Å². The van der Waals surface area contributed by atoms with Gasteiger partial charge < -0.3 is 15.0 Å². The number of nitrogens with one attached hydrogen (secondary N) is 1. The second kappa shape index (κ2) is 10.4. The van der Waals surface area contributed by atoms with Crippen molar-refractivity contribution in [3.8, 4) is 0 Å². The minimum atomic E-state index is -0.201. The predicted molar refractivity (Wildman–Crippen MR) is 100 cm³/mol. The molecule has 1 aliphatic rings. The molecule has 1 unspecified atom stereocenters. The van der Waals surface area contributed by atoms with Crippen LogP contribution in [0, 0.1) is 5.82 Å². The lowest BCUT2D eigenvalue weighted by Crippen LogP contribution is -2.40. The van der Waals surface area contributed by atoms with Crippen LogP contribution in [0.25, 0.3) is 0 Å². The van der Waals surface area contributed by atoms with Crippen LogP contribution in [-0.4, -0.2) is 68.7 Å². The number of benzene rings is 1. The first-order chi connectivity index (χ1) is 12.1. The average Bonchev–Trinajstić information content (AvgIpc) is 3.04. The van der Waals surface area contributed by atoms with E-state index in [4.69, 9.17) is 9.73 Å². The molecule has 0 spiro atoms. The van der Waals surface area contributed by atoms with Gasteiger partial charge in [-0.2, -0.15) is 0 Å². The Morgan fingerprint density at radius 1 is 1.48 bits per heavy atom. The Morgan fingerprint density at radius 2 is 2.32 bits per heavy atom. The Bertz CT molecular complexity index is 552. The molecule has 1 fully saturated rings. The molecule has 1 saturated heterocycles. The number of ether oxygens (including phenoxy) is 1. The van der Waals surface area contributed by atoms with Gasteiger partial charge in [0.15, 0.2) is 5.96 Å². The number of hydrogen-bond donors (Lipinski definition) is 1. The first kappa shape index (κ1) is 19.7. The molecule has 1 heterocycles. The zero-order chi connectivity index (χ0) is 18.1. The van der Waals surface area contributed by atoms with E-state index in [1.807, 2.05) is 18.0 Å². The first-order valence-electron chi connectivity index (χ1n) is 9.11. The van der Waals surface area contributed by atoms with Crippen LogP contribution >= 0.6 is 0 Å². The summed E-state index contributed by atoms with van der Waals surface area (Å²) < 4.78 is 18.6. The second-order valence-corrected chi connectivity index (χ2v) is 6.51. The molecule has 2 rings (SSSR count). The van der Waals surface area contributed by atoms with Gasteiger partial charge in [0.05, 0.1) is 13.2 Å². The van der Waals surface area contributed by atoms with Crippen LogP contribution in [0.3, 0.4) is 0 Å². The van der Waals surface area contributed by atoms with Gasteiger partial charge in [-0.1, -0.05) is 12.1 Å². The molecule has 6 heteroatoms. The van der Waals surface area contributed by atoms with Gasteiger partial charge in [-0.3, -0.25) is 9.89 Å². The Labute approximate surface area is 150 Å². The highest BCUT2D eigenvalue weighted by Gasteiger charge is 2.24. The van der Waals surface area contributed by atoms with Crippen molar-refractivity contribution in [2.24, 2.45) is 4.99 Å². The molecule has 0 bridgehead atoms. The van der Waals surface area contributed by atoms with E-state index in [1.165, 1.54) is 18.9 Å². The Kier molecular flexibility index (Phi) is 8.15. The lowest BCUT2D eigenvalue weighted by atomic mass is 10.2. The number of nitrogens with zero attached hydrogens (tertiary/aromatic N) is 3. The van der Waals surface area contributed by atoms with Crippen LogP contribution in [0.2, 0.25) is 0 Å². The molecule has 0 radical (unpaired) electrons. The molecule has 140 valence electrons. The summed E-state index contributed by atoms with van der Waals surface area (Å²) in [6.07, 6.45) is 2.40. The lowest BCUT2D eigenvalue weighted by molar-refractivity contribution is 0.142. The fourth-order valence-electron chi connectivity index (χ4n) is 3.25. The van der Waals surface area contributed by atoms with Crippen LogP contribution in [-0.2, 0) is 11.3 Å². The van der Waals surface area contributed by atoms with Gasteiger partial charge in [0, 0.05) is 39.8 Å². The summed E-state index contributed by atoms with van der Waals surface area (Å²) in [7, 11) is 3.73. The minimum absolute atomic E-state index is 0.201. The van der Waals surface area contributed by atoms with E-state index in [0.717, 1.165) is 44.3 Å². The van der Waals surface area contributed by atoms with Gasteiger partial charge in [-0.15, -0.1) is 0 Å². The minimum Gasteiger partial charge on any atom is -0.383 e. The van der Waals surface area contributed by atoms with E-state index in [1.54, 1.807) is 19.2 Å². The van der Waals surface area contributed by atoms with Crippen molar-refractivity contribution in [1.82, 2.24) is 15.1 Å². The Hall–Kier alpha value is -1.66. The predicted octanol–water partition coefficient (Wildman–Crippen LogP) is 2.33. The summed E-state index contributed by atoms with van der Waals surface area (Å²) in [4.78, 5) is 9.34. The fourth-order valence-corrected chi connectivity index (χ4v) is 3.25. The molecule has 1 aromatic carbocycles. The van der Waals surface area contributed by atoms with E-state index in [0.29, 0.717) is 12.6 Å².